The van der Waals surface area contributed by atoms with E-state index in [9.17, 15) is 9.18 Å². The fourth-order valence-corrected chi connectivity index (χ4v) is 3.88. The van der Waals surface area contributed by atoms with E-state index in [0.29, 0.717) is 18.9 Å². The van der Waals surface area contributed by atoms with Crippen molar-refractivity contribution in [3.05, 3.63) is 34.6 Å². The monoisotopic (exact) mass is 378 g/mol. The van der Waals surface area contributed by atoms with Gasteiger partial charge in [0.1, 0.15) is 5.82 Å². The van der Waals surface area contributed by atoms with Crippen molar-refractivity contribution in [2.24, 2.45) is 11.8 Å². The normalized spacial score (nSPS) is 29.0. The smallest absolute Gasteiger partial charge is 0.238 e. The lowest BCUT2D eigenvalue weighted by atomic mass is 9.91. The third kappa shape index (κ3) is 4.94. The van der Waals surface area contributed by atoms with Crippen LogP contribution in [0.25, 0.3) is 0 Å². The van der Waals surface area contributed by atoms with Crippen molar-refractivity contribution >= 4 is 17.5 Å². The SMILES string of the molecule is N#CC1CCC(C(=O)NC2CCC(Cc3ccc(F)c(Cl)c3)CN2)NC1. The molecule has 1 amide bonds. The van der Waals surface area contributed by atoms with Crippen LogP contribution in [0.1, 0.15) is 31.2 Å². The van der Waals surface area contributed by atoms with Crippen LogP contribution >= 0.6 is 11.6 Å². The molecule has 5 nitrogen and oxygen atoms in total. The standard InChI is InChI=1S/C19H24ClFN4O/c20-15-8-12(1-4-16(15)21)7-13-3-6-18(24-10-13)25-19(26)17-5-2-14(9-22)11-23-17/h1,4,8,13-14,17-18,23-24H,2-3,5-7,10-11H2,(H,25,26). The first-order valence-corrected chi connectivity index (χ1v) is 9.53. The maximum absolute atomic E-state index is 13.2. The average Bonchev–Trinajstić information content (AvgIpc) is 2.66. The van der Waals surface area contributed by atoms with Gasteiger partial charge in [-0.3, -0.25) is 10.1 Å². The number of halogens is 2. The van der Waals surface area contributed by atoms with Gasteiger partial charge in [0.25, 0.3) is 0 Å². The lowest BCUT2D eigenvalue weighted by molar-refractivity contribution is -0.125. The van der Waals surface area contributed by atoms with Crippen molar-refractivity contribution in [1.82, 2.24) is 16.0 Å². The Hall–Kier alpha value is -1.68. The molecule has 0 aromatic heterocycles. The third-order valence-corrected chi connectivity index (χ3v) is 5.54. The molecule has 3 rings (SSSR count). The number of carbonyl (C=O) groups is 1. The van der Waals surface area contributed by atoms with Crippen LogP contribution in [0.5, 0.6) is 0 Å². The summed E-state index contributed by atoms with van der Waals surface area (Å²) in [5.74, 6) is 0.0569. The van der Waals surface area contributed by atoms with Crippen molar-refractivity contribution in [2.75, 3.05) is 13.1 Å². The molecule has 2 saturated heterocycles. The molecule has 4 atom stereocenters. The number of rotatable bonds is 4. The van der Waals surface area contributed by atoms with Crippen LogP contribution in [0.2, 0.25) is 5.02 Å². The lowest BCUT2D eigenvalue weighted by Crippen LogP contribution is -2.56. The van der Waals surface area contributed by atoms with Gasteiger partial charge in [0.05, 0.1) is 29.2 Å². The Morgan fingerprint density at radius 2 is 2.12 bits per heavy atom. The number of amides is 1. The number of carbonyl (C=O) groups excluding carboxylic acids is 1. The molecule has 0 aliphatic carbocycles. The van der Waals surface area contributed by atoms with Crippen LogP contribution in [0.15, 0.2) is 18.2 Å². The molecule has 1 aromatic rings. The van der Waals surface area contributed by atoms with Gasteiger partial charge in [-0.15, -0.1) is 0 Å². The summed E-state index contributed by atoms with van der Waals surface area (Å²) < 4.78 is 13.2. The van der Waals surface area contributed by atoms with Gasteiger partial charge in [0.15, 0.2) is 0 Å². The van der Waals surface area contributed by atoms with Gasteiger partial charge in [-0.2, -0.15) is 5.26 Å². The van der Waals surface area contributed by atoms with E-state index in [1.165, 1.54) is 6.07 Å². The molecule has 0 spiro atoms. The summed E-state index contributed by atoms with van der Waals surface area (Å²) >= 11 is 5.84. The number of hydrogen-bond acceptors (Lipinski definition) is 4. The summed E-state index contributed by atoms with van der Waals surface area (Å²) in [7, 11) is 0. The Kier molecular flexibility index (Phi) is 6.47. The van der Waals surface area contributed by atoms with Gasteiger partial charge in [0, 0.05) is 13.1 Å². The molecule has 1 aromatic carbocycles. The summed E-state index contributed by atoms with van der Waals surface area (Å²) in [4.78, 5) is 12.4. The van der Waals surface area contributed by atoms with Crippen molar-refractivity contribution < 1.29 is 9.18 Å². The largest absolute Gasteiger partial charge is 0.339 e. The Labute approximate surface area is 158 Å². The van der Waals surface area contributed by atoms with E-state index in [1.54, 1.807) is 12.1 Å². The Bertz CT molecular complexity index is 677. The summed E-state index contributed by atoms with van der Waals surface area (Å²) in [6.45, 7) is 1.38. The average molecular weight is 379 g/mol. The minimum absolute atomic E-state index is 0.00246. The number of benzene rings is 1. The first-order valence-electron chi connectivity index (χ1n) is 9.16. The number of nitrogens with zero attached hydrogens (tertiary/aromatic N) is 1. The number of nitriles is 1. The Balaban J connectivity index is 1.41. The van der Waals surface area contributed by atoms with Gasteiger partial charge in [0.2, 0.25) is 5.91 Å². The summed E-state index contributed by atoms with van der Waals surface area (Å²) in [5.41, 5.74) is 1.03. The van der Waals surface area contributed by atoms with Crippen LogP contribution in [-0.4, -0.2) is 31.2 Å². The molecule has 2 heterocycles. The zero-order chi connectivity index (χ0) is 18.5. The van der Waals surface area contributed by atoms with Crippen LogP contribution in [-0.2, 0) is 11.2 Å². The van der Waals surface area contributed by atoms with E-state index < -0.39 is 5.82 Å². The first kappa shape index (κ1) is 19.1. The van der Waals surface area contributed by atoms with Crippen LogP contribution in [0.3, 0.4) is 0 Å². The minimum atomic E-state index is -0.391. The maximum Gasteiger partial charge on any atom is 0.238 e. The fourth-order valence-electron chi connectivity index (χ4n) is 3.68. The third-order valence-electron chi connectivity index (χ3n) is 5.25. The maximum atomic E-state index is 13.2. The van der Waals surface area contributed by atoms with E-state index in [-0.39, 0.29) is 29.1 Å². The van der Waals surface area contributed by atoms with E-state index in [4.69, 9.17) is 16.9 Å². The molecule has 26 heavy (non-hydrogen) atoms. The van der Waals surface area contributed by atoms with Gasteiger partial charge in [-0.25, -0.2) is 4.39 Å². The quantitative estimate of drug-likeness (QED) is 0.751. The topological polar surface area (TPSA) is 77.0 Å². The van der Waals surface area contributed by atoms with Crippen LogP contribution < -0.4 is 16.0 Å². The highest BCUT2D eigenvalue weighted by molar-refractivity contribution is 6.30. The summed E-state index contributed by atoms with van der Waals surface area (Å²) in [6.07, 6.45) is 4.13. The molecule has 140 valence electrons. The van der Waals surface area contributed by atoms with Crippen molar-refractivity contribution in [3.63, 3.8) is 0 Å². The van der Waals surface area contributed by atoms with E-state index in [0.717, 1.165) is 37.8 Å². The second kappa shape index (κ2) is 8.81. The number of piperidine rings is 2. The van der Waals surface area contributed by atoms with E-state index in [2.05, 4.69) is 22.0 Å². The highest BCUT2D eigenvalue weighted by Gasteiger charge is 2.28. The van der Waals surface area contributed by atoms with Gasteiger partial charge < -0.3 is 10.6 Å². The number of nitrogens with one attached hydrogen (secondary N) is 3. The van der Waals surface area contributed by atoms with Crippen LogP contribution in [0.4, 0.5) is 4.39 Å². The highest BCUT2D eigenvalue weighted by Crippen LogP contribution is 2.22. The molecule has 2 aliphatic rings. The molecular weight excluding hydrogens is 355 g/mol. The Morgan fingerprint density at radius 3 is 2.73 bits per heavy atom. The molecule has 3 N–H and O–H groups in total. The minimum Gasteiger partial charge on any atom is -0.339 e. The molecule has 2 aliphatic heterocycles. The molecule has 4 unspecified atom stereocenters. The van der Waals surface area contributed by atoms with E-state index in [1.807, 2.05) is 0 Å². The van der Waals surface area contributed by atoms with Crippen LogP contribution in [0, 0.1) is 29.0 Å². The van der Waals surface area contributed by atoms with Gasteiger partial charge in [-0.1, -0.05) is 17.7 Å². The molecule has 0 radical (unpaired) electrons. The second-order valence-electron chi connectivity index (χ2n) is 7.23. The lowest BCUT2D eigenvalue weighted by Gasteiger charge is -2.33. The number of hydrogen-bond donors (Lipinski definition) is 3. The van der Waals surface area contributed by atoms with Crippen molar-refractivity contribution in [1.29, 1.82) is 5.26 Å². The zero-order valence-corrected chi connectivity index (χ0v) is 15.4. The molecule has 7 heteroatoms. The summed E-state index contributed by atoms with van der Waals surface area (Å²) in [6, 6.07) is 6.90. The van der Waals surface area contributed by atoms with Crippen molar-refractivity contribution in [3.8, 4) is 6.07 Å². The van der Waals surface area contributed by atoms with Crippen molar-refractivity contribution in [2.45, 2.75) is 44.3 Å². The molecule has 2 fully saturated rings. The summed E-state index contributed by atoms with van der Waals surface area (Å²) in [5, 5.41) is 18.7. The predicted octanol–water partition coefficient (Wildman–Crippen LogP) is 2.36. The van der Waals surface area contributed by atoms with Gasteiger partial charge >= 0.3 is 0 Å². The fraction of sp³-hybridized carbons (Fsp3) is 0.579. The first-order chi connectivity index (χ1) is 12.5. The van der Waals surface area contributed by atoms with E-state index >= 15 is 0 Å². The molecular formula is C19H24ClFN4O. The molecule has 0 saturated carbocycles. The Morgan fingerprint density at radius 1 is 1.27 bits per heavy atom. The highest BCUT2D eigenvalue weighted by atomic mass is 35.5. The zero-order valence-electron chi connectivity index (χ0n) is 14.6. The second-order valence-corrected chi connectivity index (χ2v) is 7.64. The van der Waals surface area contributed by atoms with Gasteiger partial charge in [-0.05, 0) is 55.7 Å². The predicted molar refractivity (Wildman–Crippen MR) is 97.9 cm³/mol. The molecule has 0 bridgehead atoms.